The summed E-state index contributed by atoms with van der Waals surface area (Å²) < 4.78 is 10.2. The highest BCUT2D eigenvalue weighted by Gasteiger charge is 2.20. The topological polar surface area (TPSA) is 108 Å². The summed E-state index contributed by atoms with van der Waals surface area (Å²) in [5.74, 6) is -0.856. The van der Waals surface area contributed by atoms with Crippen LogP contribution in [-0.2, 0) is 20.7 Å². The molecule has 1 heterocycles. The van der Waals surface area contributed by atoms with Gasteiger partial charge in [-0.25, -0.2) is 0 Å². The van der Waals surface area contributed by atoms with Crippen LogP contribution in [0.25, 0.3) is 0 Å². The Bertz CT molecular complexity index is 806. The van der Waals surface area contributed by atoms with Gasteiger partial charge in [0.05, 0.1) is 23.8 Å². The SMILES string of the molecule is COc1cc([N+](=O)[O-])ccc1NC(=O)[C@H](C)OC(=O)CCCc1cccs1. The first-order valence-corrected chi connectivity index (χ1v) is 9.14. The molecule has 9 heteroatoms. The number of benzene rings is 1. The number of carbonyl (C=O) groups is 2. The minimum Gasteiger partial charge on any atom is -0.494 e. The number of ether oxygens (including phenoxy) is 2. The number of nitro groups is 1. The van der Waals surface area contributed by atoms with Crippen LogP contribution in [0.1, 0.15) is 24.6 Å². The van der Waals surface area contributed by atoms with Crippen molar-refractivity contribution in [2.24, 2.45) is 0 Å². The van der Waals surface area contributed by atoms with Gasteiger partial charge in [0.25, 0.3) is 11.6 Å². The second-order valence-electron chi connectivity index (χ2n) is 5.70. The van der Waals surface area contributed by atoms with Crippen LogP contribution in [0.3, 0.4) is 0 Å². The van der Waals surface area contributed by atoms with E-state index in [2.05, 4.69) is 5.32 Å². The van der Waals surface area contributed by atoms with E-state index in [1.54, 1.807) is 11.3 Å². The van der Waals surface area contributed by atoms with Crippen LogP contribution >= 0.6 is 11.3 Å². The maximum Gasteiger partial charge on any atom is 0.306 e. The number of thiophene rings is 1. The van der Waals surface area contributed by atoms with E-state index in [-0.39, 0.29) is 23.5 Å². The molecule has 0 radical (unpaired) electrons. The van der Waals surface area contributed by atoms with E-state index in [1.165, 1.54) is 37.1 Å². The predicted octanol–water partition coefficient (Wildman–Crippen LogP) is 3.56. The first-order valence-electron chi connectivity index (χ1n) is 8.26. The highest BCUT2D eigenvalue weighted by Crippen LogP contribution is 2.29. The molecule has 1 aromatic carbocycles. The Morgan fingerprint density at radius 2 is 2.11 bits per heavy atom. The van der Waals surface area contributed by atoms with E-state index in [4.69, 9.17) is 9.47 Å². The number of rotatable bonds is 9. The summed E-state index contributed by atoms with van der Waals surface area (Å²) in [4.78, 5) is 35.5. The van der Waals surface area contributed by atoms with Crippen molar-refractivity contribution in [2.45, 2.75) is 32.3 Å². The van der Waals surface area contributed by atoms with E-state index in [1.807, 2.05) is 17.5 Å². The summed E-state index contributed by atoms with van der Waals surface area (Å²) in [5.41, 5.74) is 0.101. The third-order valence-corrected chi connectivity index (χ3v) is 4.65. The number of nitrogens with one attached hydrogen (secondary N) is 1. The Morgan fingerprint density at radius 3 is 2.74 bits per heavy atom. The highest BCUT2D eigenvalue weighted by atomic mass is 32.1. The fraction of sp³-hybridized carbons (Fsp3) is 0.333. The molecule has 0 unspecified atom stereocenters. The van der Waals surface area contributed by atoms with Gasteiger partial charge in [-0.2, -0.15) is 0 Å². The molecule has 0 bridgehead atoms. The molecule has 2 aromatic rings. The number of anilines is 1. The fourth-order valence-corrected chi connectivity index (χ4v) is 3.05. The lowest BCUT2D eigenvalue weighted by Crippen LogP contribution is -2.30. The lowest BCUT2D eigenvalue weighted by Gasteiger charge is -2.15. The Hall–Kier alpha value is -2.94. The van der Waals surface area contributed by atoms with E-state index in [9.17, 15) is 19.7 Å². The van der Waals surface area contributed by atoms with Gasteiger partial charge in [-0.15, -0.1) is 11.3 Å². The Labute approximate surface area is 160 Å². The third-order valence-electron chi connectivity index (χ3n) is 3.72. The van der Waals surface area contributed by atoms with Gasteiger partial charge in [-0.1, -0.05) is 6.07 Å². The largest absolute Gasteiger partial charge is 0.494 e. The van der Waals surface area contributed by atoms with Gasteiger partial charge < -0.3 is 14.8 Å². The molecule has 1 atom stereocenters. The van der Waals surface area contributed by atoms with E-state index in [0.717, 1.165) is 6.42 Å². The van der Waals surface area contributed by atoms with E-state index >= 15 is 0 Å². The molecule has 0 fully saturated rings. The summed E-state index contributed by atoms with van der Waals surface area (Å²) >= 11 is 1.63. The standard InChI is InChI=1S/C18H20N2O6S/c1-12(26-17(21)7-3-5-14-6-4-10-27-14)18(22)19-15-9-8-13(20(23)24)11-16(15)25-2/h4,6,8-12H,3,5,7H2,1-2H3,(H,19,22)/t12-/m0/s1. The van der Waals surface area contributed by atoms with Gasteiger partial charge in [0.1, 0.15) is 5.75 Å². The summed E-state index contributed by atoms with van der Waals surface area (Å²) in [6, 6.07) is 7.78. The average molecular weight is 392 g/mol. The van der Waals surface area contributed by atoms with Gasteiger partial charge in [0.2, 0.25) is 0 Å². The number of nitrogens with zero attached hydrogens (tertiary/aromatic N) is 1. The van der Waals surface area contributed by atoms with Crippen molar-refractivity contribution in [3.05, 3.63) is 50.7 Å². The molecule has 144 valence electrons. The number of amides is 1. The molecule has 27 heavy (non-hydrogen) atoms. The number of aryl methyl sites for hydroxylation is 1. The monoisotopic (exact) mass is 392 g/mol. The van der Waals surface area contributed by atoms with Crippen molar-refractivity contribution in [1.82, 2.24) is 0 Å². The molecular formula is C18H20N2O6S. The number of non-ortho nitro benzene ring substituents is 1. The molecule has 2 rings (SSSR count). The molecule has 0 saturated heterocycles. The Balaban J connectivity index is 1.85. The van der Waals surface area contributed by atoms with Gasteiger partial charge in [0.15, 0.2) is 6.10 Å². The lowest BCUT2D eigenvalue weighted by molar-refractivity contribution is -0.384. The Kier molecular flexibility index (Phi) is 7.30. The predicted molar refractivity (Wildman–Crippen MR) is 101 cm³/mol. The smallest absolute Gasteiger partial charge is 0.306 e. The zero-order chi connectivity index (χ0) is 19.8. The van der Waals surface area contributed by atoms with E-state index in [0.29, 0.717) is 6.42 Å². The van der Waals surface area contributed by atoms with Crippen LogP contribution in [-0.4, -0.2) is 30.0 Å². The zero-order valence-electron chi connectivity index (χ0n) is 15.0. The quantitative estimate of drug-likeness (QED) is 0.397. The van der Waals surface area contributed by atoms with Gasteiger partial charge in [0, 0.05) is 17.4 Å². The number of hydrogen-bond donors (Lipinski definition) is 1. The second-order valence-corrected chi connectivity index (χ2v) is 6.73. The fourth-order valence-electron chi connectivity index (χ4n) is 2.30. The zero-order valence-corrected chi connectivity index (χ0v) is 15.8. The number of hydrogen-bond acceptors (Lipinski definition) is 7. The molecule has 0 saturated carbocycles. The van der Waals surface area contributed by atoms with Gasteiger partial charge in [-0.3, -0.25) is 19.7 Å². The average Bonchev–Trinajstić information content (AvgIpc) is 3.15. The van der Waals surface area contributed by atoms with Crippen molar-refractivity contribution in [3.63, 3.8) is 0 Å². The molecule has 0 aliphatic heterocycles. The first-order chi connectivity index (χ1) is 12.9. The number of esters is 1. The summed E-state index contributed by atoms with van der Waals surface area (Å²) in [7, 11) is 1.34. The summed E-state index contributed by atoms with van der Waals surface area (Å²) in [6.45, 7) is 1.46. The maximum atomic E-state index is 12.2. The minimum atomic E-state index is -1.00. The molecular weight excluding hydrogens is 372 g/mol. The van der Waals surface area contributed by atoms with Crippen molar-refractivity contribution < 1.29 is 24.0 Å². The first kappa shape index (κ1) is 20.4. The second kappa shape index (κ2) is 9.67. The number of methoxy groups -OCH3 is 1. The number of nitro benzene ring substituents is 1. The molecule has 0 spiro atoms. The normalized spacial score (nSPS) is 11.5. The molecule has 8 nitrogen and oxygen atoms in total. The summed E-state index contributed by atoms with van der Waals surface area (Å²) in [5, 5.41) is 15.3. The van der Waals surface area contributed by atoms with Gasteiger partial charge in [-0.05, 0) is 37.3 Å². The molecule has 1 N–H and O–H groups in total. The van der Waals surface area contributed by atoms with Crippen molar-refractivity contribution >= 4 is 34.6 Å². The van der Waals surface area contributed by atoms with Crippen LogP contribution < -0.4 is 10.1 Å². The van der Waals surface area contributed by atoms with Crippen LogP contribution in [0.15, 0.2) is 35.7 Å². The molecule has 1 aromatic heterocycles. The number of carbonyl (C=O) groups excluding carboxylic acids is 2. The maximum absolute atomic E-state index is 12.2. The molecule has 0 aliphatic carbocycles. The van der Waals surface area contributed by atoms with Crippen LogP contribution in [0.5, 0.6) is 5.75 Å². The molecule has 1 amide bonds. The van der Waals surface area contributed by atoms with Crippen LogP contribution in [0, 0.1) is 10.1 Å². The van der Waals surface area contributed by atoms with E-state index < -0.39 is 22.9 Å². The van der Waals surface area contributed by atoms with Crippen LogP contribution in [0.4, 0.5) is 11.4 Å². The Morgan fingerprint density at radius 1 is 1.33 bits per heavy atom. The van der Waals surface area contributed by atoms with Crippen molar-refractivity contribution in [1.29, 1.82) is 0 Å². The summed E-state index contributed by atoms with van der Waals surface area (Å²) in [6.07, 6.45) is 0.646. The van der Waals surface area contributed by atoms with Crippen molar-refractivity contribution in [2.75, 3.05) is 12.4 Å². The minimum absolute atomic E-state index is 0.145. The van der Waals surface area contributed by atoms with Crippen molar-refractivity contribution in [3.8, 4) is 5.75 Å². The van der Waals surface area contributed by atoms with Crippen LogP contribution in [0.2, 0.25) is 0 Å². The highest BCUT2D eigenvalue weighted by molar-refractivity contribution is 7.09. The molecule has 0 aliphatic rings. The third kappa shape index (κ3) is 6.07. The lowest BCUT2D eigenvalue weighted by atomic mass is 10.2. The van der Waals surface area contributed by atoms with Gasteiger partial charge >= 0.3 is 5.97 Å².